The van der Waals surface area contributed by atoms with E-state index < -0.39 is 0 Å². The van der Waals surface area contributed by atoms with Gasteiger partial charge in [-0.15, -0.1) is 0 Å². The minimum absolute atomic E-state index is 0.269. The number of carbonyl (C=O) groups excluding carboxylic acids is 1. The monoisotopic (exact) mass is 241 g/mol. The van der Waals surface area contributed by atoms with Crippen molar-refractivity contribution in [1.29, 1.82) is 0 Å². The molecule has 1 amide bonds. The quantitative estimate of drug-likeness (QED) is 0.806. The van der Waals surface area contributed by atoms with Crippen molar-refractivity contribution >= 4 is 6.41 Å². The second kappa shape index (κ2) is 4.29. The number of hydrogen-bond donors (Lipinski definition) is 2. The summed E-state index contributed by atoms with van der Waals surface area (Å²) in [5.41, 5.74) is 1.83. The van der Waals surface area contributed by atoms with Crippen LogP contribution in [0, 0.1) is 0 Å². The van der Waals surface area contributed by atoms with Crippen LogP contribution in [0.3, 0.4) is 0 Å². The van der Waals surface area contributed by atoms with Crippen LogP contribution in [0.2, 0.25) is 0 Å². The summed E-state index contributed by atoms with van der Waals surface area (Å²) in [6, 6.07) is 10.1. The van der Waals surface area contributed by atoms with Crippen LogP contribution in [0.1, 0.15) is 25.1 Å². The zero-order chi connectivity index (χ0) is 12.4. The van der Waals surface area contributed by atoms with Crippen molar-refractivity contribution in [3.63, 3.8) is 0 Å². The first-order valence-electron chi connectivity index (χ1n) is 6.16. The fourth-order valence-corrected chi connectivity index (χ4v) is 2.42. The molecule has 2 N–H and O–H groups in total. The van der Waals surface area contributed by atoms with Crippen molar-refractivity contribution in [2.75, 3.05) is 0 Å². The minimum atomic E-state index is -0.269. The van der Waals surface area contributed by atoms with E-state index in [1.807, 2.05) is 36.5 Å². The number of aromatic amines is 1. The number of hydrogen-bond acceptors (Lipinski definition) is 2. The Morgan fingerprint density at radius 1 is 1.28 bits per heavy atom. The van der Waals surface area contributed by atoms with Gasteiger partial charge in [0.1, 0.15) is 5.82 Å². The number of benzene rings is 1. The predicted molar refractivity (Wildman–Crippen MR) is 68.8 cm³/mol. The summed E-state index contributed by atoms with van der Waals surface area (Å²) in [6.07, 6.45) is 5.63. The van der Waals surface area contributed by atoms with E-state index in [0.717, 1.165) is 42.8 Å². The molecule has 18 heavy (non-hydrogen) atoms. The Morgan fingerprint density at radius 3 is 2.67 bits per heavy atom. The van der Waals surface area contributed by atoms with Crippen LogP contribution in [0.25, 0.3) is 11.3 Å². The second-order valence-electron chi connectivity index (χ2n) is 4.71. The number of nitrogens with one attached hydrogen (secondary N) is 2. The third-order valence-corrected chi connectivity index (χ3v) is 3.66. The number of aromatic nitrogens is 2. The largest absolute Gasteiger partial charge is 0.346 e. The lowest BCUT2D eigenvalue weighted by molar-refractivity contribution is -0.112. The van der Waals surface area contributed by atoms with E-state index in [0.29, 0.717) is 0 Å². The summed E-state index contributed by atoms with van der Waals surface area (Å²) in [5, 5.41) is 2.90. The molecule has 3 rings (SSSR count). The molecule has 0 aliphatic heterocycles. The molecule has 0 saturated heterocycles. The van der Waals surface area contributed by atoms with Gasteiger partial charge in [0.2, 0.25) is 6.41 Å². The number of imidazole rings is 1. The van der Waals surface area contributed by atoms with Crippen LogP contribution in [-0.2, 0) is 10.3 Å². The zero-order valence-electron chi connectivity index (χ0n) is 10.0. The van der Waals surface area contributed by atoms with Crippen LogP contribution < -0.4 is 5.32 Å². The lowest BCUT2D eigenvalue weighted by Gasteiger charge is -2.39. The van der Waals surface area contributed by atoms with E-state index in [9.17, 15) is 4.79 Å². The van der Waals surface area contributed by atoms with Gasteiger partial charge in [-0.2, -0.15) is 0 Å². The molecular formula is C14H15N3O. The SMILES string of the molecule is O=CNC1(c2ncc(-c3ccccc3)[nH]2)CCC1. The number of rotatable bonds is 4. The molecule has 0 radical (unpaired) electrons. The van der Waals surface area contributed by atoms with E-state index in [2.05, 4.69) is 15.3 Å². The smallest absolute Gasteiger partial charge is 0.207 e. The molecule has 1 saturated carbocycles. The molecule has 0 bridgehead atoms. The standard InChI is InChI=1S/C14H15N3O/c18-10-16-14(7-4-8-14)13-15-9-12(17-13)11-5-2-1-3-6-11/h1-3,5-6,9-10H,4,7-8H2,(H,15,17)(H,16,18). The van der Waals surface area contributed by atoms with E-state index in [4.69, 9.17) is 0 Å². The van der Waals surface area contributed by atoms with Crippen molar-refractivity contribution in [2.45, 2.75) is 24.8 Å². The Hall–Kier alpha value is -2.10. The van der Waals surface area contributed by atoms with Crippen molar-refractivity contribution in [1.82, 2.24) is 15.3 Å². The molecule has 4 heteroatoms. The van der Waals surface area contributed by atoms with Crippen LogP contribution >= 0.6 is 0 Å². The molecule has 0 spiro atoms. The third-order valence-electron chi connectivity index (χ3n) is 3.66. The summed E-state index contributed by atoms with van der Waals surface area (Å²) >= 11 is 0. The number of nitrogens with zero attached hydrogens (tertiary/aromatic N) is 1. The Labute approximate surface area is 105 Å². The van der Waals surface area contributed by atoms with Gasteiger partial charge in [-0.25, -0.2) is 4.98 Å². The summed E-state index contributed by atoms with van der Waals surface area (Å²) in [4.78, 5) is 18.5. The second-order valence-corrected chi connectivity index (χ2v) is 4.71. The number of amides is 1. The van der Waals surface area contributed by atoms with Gasteiger partial charge in [0.05, 0.1) is 17.4 Å². The lowest BCUT2D eigenvalue weighted by atomic mass is 9.76. The minimum Gasteiger partial charge on any atom is -0.346 e. The third kappa shape index (κ3) is 1.70. The van der Waals surface area contributed by atoms with E-state index in [1.54, 1.807) is 0 Å². The first-order valence-corrected chi connectivity index (χ1v) is 6.16. The van der Waals surface area contributed by atoms with E-state index >= 15 is 0 Å². The number of carbonyl (C=O) groups is 1. The molecule has 1 aromatic heterocycles. The fraction of sp³-hybridized carbons (Fsp3) is 0.286. The van der Waals surface area contributed by atoms with Crippen molar-refractivity contribution < 1.29 is 4.79 Å². The van der Waals surface area contributed by atoms with Gasteiger partial charge >= 0.3 is 0 Å². The molecule has 1 aromatic carbocycles. The van der Waals surface area contributed by atoms with Gasteiger partial charge in [0.25, 0.3) is 0 Å². The van der Waals surface area contributed by atoms with Crippen LogP contribution in [-0.4, -0.2) is 16.4 Å². The van der Waals surface area contributed by atoms with Crippen molar-refractivity contribution in [3.8, 4) is 11.3 Å². The van der Waals surface area contributed by atoms with Gasteiger partial charge in [0.15, 0.2) is 0 Å². The first-order chi connectivity index (χ1) is 8.84. The Bertz CT molecular complexity index is 543. The highest BCUT2D eigenvalue weighted by Gasteiger charge is 2.40. The summed E-state index contributed by atoms with van der Waals surface area (Å²) in [5.74, 6) is 0.861. The average molecular weight is 241 g/mol. The van der Waals surface area contributed by atoms with E-state index in [-0.39, 0.29) is 5.54 Å². The Kier molecular flexibility index (Phi) is 2.63. The number of H-pyrrole nitrogens is 1. The first kappa shape index (κ1) is 11.0. The maximum atomic E-state index is 10.7. The molecule has 4 nitrogen and oxygen atoms in total. The van der Waals surface area contributed by atoms with Gasteiger partial charge in [-0.1, -0.05) is 30.3 Å². The predicted octanol–water partition coefficient (Wildman–Crippen LogP) is 2.20. The molecule has 0 atom stereocenters. The Morgan fingerprint density at radius 2 is 2.06 bits per heavy atom. The lowest BCUT2D eigenvalue weighted by Crippen LogP contribution is -2.48. The maximum Gasteiger partial charge on any atom is 0.207 e. The summed E-state index contributed by atoms with van der Waals surface area (Å²) in [7, 11) is 0. The van der Waals surface area contributed by atoms with Crippen molar-refractivity contribution in [3.05, 3.63) is 42.4 Å². The van der Waals surface area contributed by atoms with Crippen LogP contribution in [0.5, 0.6) is 0 Å². The highest BCUT2D eigenvalue weighted by molar-refractivity contribution is 5.58. The Balaban J connectivity index is 1.92. The molecule has 1 heterocycles. The van der Waals surface area contributed by atoms with Crippen molar-refractivity contribution in [2.24, 2.45) is 0 Å². The normalized spacial score (nSPS) is 16.9. The maximum absolute atomic E-state index is 10.7. The van der Waals surface area contributed by atoms with Gasteiger partial charge in [-0.05, 0) is 24.8 Å². The average Bonchev–Trinajstić information content (AvgIpc) is 2.84. The van der Waals surface area contributed by atoms with Crippen LogP contribution in [0.4, 0.5) is 0 Å². The topological polar surface area (TPSA) is 57.8 Å². The van der Waals surface area contributed by atoms with Gasteiger partial charge in [0, 0.05) is 0 Å². The molecule has 1 aliphatic carbocycles. The molecule has 0 unspecified atom stereocenters. The molecule has 92 valence electrons. The summed E-state index contributed by atoms with van der Waals surface area (Å²) in [6.45, 7) is 0. The van der Waals surface area contributed by atoms with E-state index in [1.165, 1.54) is 0 Å². The highest BCUT2D eigenvalue weighted by atomic mass is 16.1. The molecular weight excluding hydrogens is 226 g/mol. The van der Waals surface area contributed by atoms with Crippen LogP contribution in [0.15, 0.2) is 36.5 Å². The fourth-order valence-electron chi connectivity index (χ4n) is 2.42. The van der Waals surface area contributed by atoms with Gasteiger partial charge < -0.3 is 10.3 Å². The molecule has 2 aromatic rings. The zero-order valence-corrected chi connectivity index (χ0v) is 10.0. The molecule has 1 aliphatic rings. The molecule has 1 fully saturated rings. The summed E-state index contributed by atoms with van der Waals surface area (Å²) < 4.78 is 0. The van der Waals surface area contributed by atoms with Gasteiger partial charge in [-0.3, -0.25) is 4.79 Å². The highest BCUT2D eigenvalue weighted by Crippen LogP contribution is 2.39.